The number of methoxy groups -OCH3 is 1. The zero-order chi connectivity index (χ0) is 15.6. The van der Waals surface area contributed by atoms with Gasteiger partial charge in [-0.05, 0) is 38.5 Å². The molecule has 0 aliphatic heterocycles. The van der Waals surface area contributed by atoms with Crippen molar-refractivity contribution in [3.05, 3.63) is 34.9 Å². The summed E-state index contributed by atoms with van der Waals surface area (Å²) in [6, 6.07) is 5.22. The van der Waals surface area contributed by atoms with Crippen LogP contribution in [0.25, 0.3) is 0 Å². The predicted octanol–water partition coefficient (Wildman–Crippen LogP) is 2.27. The van der Waals surface area contributed by atoms with Gasteiger partial charge in [-0.2, -0.15) is 4.72 Å². The summed E-state index contributed by atoms with van der Waals surface area (Å²) in [6.07, 6.45) is 0. The number of ether oxygens (including phenoxy) is 1. The lowest BCUT2D eigenvalue weighted by Gasteiger charge is -2.24. The van der Waals surface area contributed by atoms with Crippen LogP contribution in [0.4, 0.5) is 0 Å². The Morgan fingerprint density at radius 2 is 1.75 bits per heavy atom. The van der Waals surface area contributed by atoms with Crippen molar-refractivity contribution in [2.75, 3.05) is 7.11 Å². The van der Waals surface area contributed by atoms with Gasteiger partial charge >= 0.3 is 5.97 Å². The van der Waals surface area contributed by atoms with E-state index >= 15 is 0 Å². The number of hydrogen-bond donors (Lipinski definition) is 1. The van der Waals surface area contributed by atoms with E-state index in [2.05, 4.69) is 9.46 Å². The van der Waals surface area contributed by atoms with E-state index in [9.17, 15) is 13.2 Å². The summed E-state index contributed by atoms with van der Waals surface area (Å²) in [4.78, 5) is 11.8. The zero-order valence-electron chi connectivity index (χ0n) is 11.8. The number of halogens is 1. The Morgan fingerprint density at radius 3 is 2.15 bits per heavy atom. The number of sulfonamides is 1. The topological polar surface area (TPSA) is 72.5 Å². The Labute approximate surface area is 124 Å². The lowest BCUT2D eigenvalue weighted by molar-refractivity contribution is -0.142. The number of benzene rings is 1. The van der Waals surface area contributed by atoms with E-state index in [1.54, 1.807) is 45.0 Å². The molecule has 0 saturated heterocycles. The number of rotatable bonds is 4. The molecule has 5 nitrogen and oxygen atoms in total. The normalized spacial score (nSPS) is 13.8. The molecule has 1 aromatic rings. The maximum Gasteiger partial charge on any atom is 0.328 e. The van der Waals surface area contributed by atoms with Crippen molar-refractivity contribution < 1.29 is 17.9 Å². The highest BCUT2D eigenvalue weighted by Crippen LogP contribution is 2.22. The molecule has 20 heavy (non-hydrogen) atoms. The van der Waals surface area contributed by atoms with Crippen LogP contribution in [0.5, 0.6) is 0 Å². The van der Waals surface area contributed by atoms with Crippen molar-refractivity contribution in [2.24, 2.45) is 0 Å². The van der Waals surface area contributed by atoms with Crippen LogP contribution in [0.3, 0.4) is 0 Å². The number of nitrogens with one attached hydrogen (secondary N) is 1. The average molecular weight is 320 g/mol. The zero-order valence-corrected chi connectivity index (χ0v) is 13.4. The molecule has 1 N–H and O–H groups in total. The van der Waals surface area contributed by atoms with Crippen molar-refractivity contribution in [1.82, 2.24) is 4.72 Å². The summed E-state index contributed by atoms with van der Waals surface area (Å²) in [7, 11) is -2.49. The number of carbonyl (C=O) groups is 1. The van der Waals surface area contributed by atoms with E-state index in [0.717, 1.165) is 0 Å². The van der Waals surface area contributed by atoms with Gasteiger partial charge in [-0.25, -0.2) is 13.2 Å². The van der Waals surface area contributed by atoms with Gasteiger partial charge in [0.2, 0.25) is 10.0 Å². The second kappa shape index (κ2) is 6.11. The van der Waals surface area contributed by atoms with Crippen LogP contribution in [-0.4, -0.2) is 26.2 Å². The number of hydrogen-bond acceptors (Lipinski definition) is 4. The Balaban J connectivity index is 3.16. The Bertz CT molecular complexity index is 575. The third kappa shape index (κ3) is 3.94. The minimum Gasteiger partial charge on any atom is -0.468 e. The van der Waals surface area contributed by atoms with E-state index in [4.69, 9.17) is 11.6 Å². The molecule has 0 aromatic heterocycles. The standard InChI is InChI=1S/C13H18ClNO4S/c1-13(2,3)20(17,18)15-11(12(16)19-4)9-5-7-10(14)8-6-9/h5-8,11,15H,1-4H3/t11-/m0/s1. The van der Waals surface area contributed by atoms with Gasteiger partial charge in [0.1, 0.15) is 6.04 Å². The molecule has 0 radical (unpaired) electrons. The molecule has 0 bridgehead atoms. The molecule has 0 aliphatic carbocycles. The molecule has 7 heteroatoms. The molecule has 0 unspecified atom stereocenters. The molecular formula is C13H18ClNO4S. The minimum atomic E-state index is -3.69. The highest BCUT2D eigenvalue weighted by Gasteiger charge is 2.34. The molecule has 1 rings (SSSR count). The SMILES string of the molecule is COC(=O)[C@@H](NS(=O)(=O)C(C)(C)C)c1ccc(Cl)cc1. The van der Waals surface area contributed by atoms with Gasteiger partial charge in [0.25, 0.3) is 0 Å². The van der Waals surface area contributed by atoms with Crippen LogP contribution >= 0.6 is 11.6 Å². The van der Waals surface area contributed by atoms with E-state index in [0.29, 0.717) is 10.6 Å². The first-order valence-corrected chi connectivity index (χ1v) is 7.80. The van der Waals surface area contributed by atoms with Gasteiger partial charge in [0.05, 0.1) is 11.9 Å². The molecule has 0 spiro atoms. The second-order valence-corrected chi connectivity index (χ2v) is 8.15. The van der Waals surface area contributed by atoms with Crippen LogP contribution in [0, 0.1) is 0 Å². The first-order valence-electron chi connectivity index (χ1n) is 5.93. The van der Waals surface area contributed by atoms with Gasteiger partial charge < -0.3 is 4.74 Å². The van der Waals surface area contributed by atoms with Crippen molar-refractivity contribution in [2.45, 2.75) is 31.6 Å². The molecule has 0 fully saturated rings. The van der Waals surface area contributed by atoms with Crippen molar-refractivity contribution >= 4 is 27.6 Å². The van der Waals surface area contributed by atoms with Gasteiger partial charge in [-0.3, -0.25) is 0 Å². The van der Waals surface area contributed by atoms with E-state index in [1.165, 1.54) is 7.11 Å². The summed E-state index contributed by atoms with van der Waals surface area (Å²) in [5, 5.41) is 0.496. The van der Waals surface area contributed by atoms with Crippen LogP contribution < -0.4 is 4.72 Å². The molecule has 112 valence electrons. The van der Waals surface area contributed by atoms with Crippen LogP contribution in [0.1, 0.15) is 32.4 Å². The van der Waals surface area contributed by atoms with Crippen LogP contribution in [-0.2, 0) is 19.6 Å². The third-order valence-electron chi connectivity index (χ3n) is 2.72. The Hall–Kier alpha value is -1.11. The fourth-order valence-corrected chi connectivity index (χ4v) is 2.38. The molecule has 0 heterocycles. The van der Waals surface area contributed by atoms with Crippen LogP contribution in [0.15, 0.2) is 24.3 Å². The highest BCUT2D eigenvalue weighted by atomic mass is 35.5. The fourth-order valence-electron chi connectivity index (χ4n) is 1.36. The van der Waals surface area contributed by atoms with Gasteiger partial charge in [-0.1, -0.05) is 23.7 Å². The number of esters is 1. The molecular weight excluding hydrogens is 302 g/mol. The monoisotopic (exact) mass is 319 g/mol. The summed E-state index contributed by atoms with van der Waals surface area (Å²) < 4.78 is 30.4. The summed E-state index contributed by atoms with van der Waals surface area (Å²) in [6.45, 7) is 4.64. The van der Waals surface area contributed by atoms with E-state index in [-0.39, 0.29) is 0 Å². The quantitative estimate of drug-likeness (QED) is 0.864. The minimum absolute atomic E-state index is 0.467. The number of carbonyl (C=O) groups excluding carboxylic acids is 1. The first kappa shape index (κ1) is 16.9. The van der Waals surface area contributed by atoms with Crippen molar-refractivity contribution in [3.63, 3.8) is 0 Å². The molecule has 1 atom stereocenters. The first-order chi connectivity index (χ1) is 9.08. The summed E-state index contributed by atoms with van der Waals surface area (Å²) >= 11 is 5.78. The second-order valence-electron chi connectivity index (χ2n) is 5.24. The fraction of sp³-hybridized carbons (Fsp3) is 0.462. The van der Waals surface area contributed by atoms with Crippen molar-refractivity contribution in [1.29, 1.82) is 0 Å². The largest absolute Gasteiger partial charge is 0.468 e. The maximum absolute atomic E-state index is 12.2. The molecule has 0 aliphatic rings. The average Bonchev–Trinajstić information content (AvgIpc) is 2.35. The lowest BCUT2D eigenvalue weighted by atomic mass is 10.1. The summed E-state index contributed by atoms with van der Waals surface area (Å²) in [5.74, 6) is -0.680. The molecule has 0 saturated carbocycles. The molecule has 0 amide bonds. The summed E-state index contributed by atoms with van der Waals surface area (Å²) in [5.41, 5.74) is 0.467. The maximum atomic E-state index is 12.2. The van der Waals surface area contributed by atoms with Gasteiger partial charge in [-0.15, -0.1) is 0 Å². The van der Waals surface area contributed by atoms with Gasteiger partial charge in [0, 0.05) is 5.02 Å². The predicted molar refractivity (Wildman–Crippen MR) is 78.0 cm³/mol. The smallest absolute Gasteiger partial charge is 0.328 e. The van der Waals surface area contributed by atoms with Crippen LogP contribution in [0.2, 0.25) is 5.02 Å². The third-order valence-corrected chi connectivity index (χ3v) is 5.13. The highest BCUT2D eigenvalue weighted by molar-refractivity contribution is 7.90. The Kier molecular flexibility index (Phi) is 5.18. The Morgan fingerprint density at radius 1 is 1.25 bits per heavy atom. The molecule has 1 aromatic carbocycles. The van der Waals surface area contributed by atoms with E-state index in [1.807, 2.05) is 0 Å². The lowest BCUT2D eigenvalue weighted by Crippen LogP contribution is -2.43. The van der Waals surface area contributed by atoms with Crippen molar-refractivity contribution in [3.8, 4) is 0 Å². The van der Waals surface area contributed by atoms with E-state index < -0.39 is 26.8 Å². The van der Waals surface area contributed by atoms with Gasteiger partial charge in [0.15, 0.2) is 0 Å².